The highest BCUT2D eigenvalue weighted by atomic mass is 32.2. The molecule has 0 bridgehead atoms. The summed E-state index contributed by atoms with van der Waals surface area (Å²) in [5, 5.41) is 22.3. The molecule has 0 spiro atoms. The van der Waals surface area contributed by atoms with Crippen molar-refractivity contribution in [2.75, 3.05) is 19.6 Å². The molecule has 4 heterocycles. The molecule has 1 aromatic heterocycles. The number of aromatic amines is 1. The predicted molar refractivity (Wildman–Crippen MR) is 144 cm³/mol. The second-order valence-corrected chi connectivity index (χ2v) is 11.2. The van der Waals surface area contributed by atoms with Crippen molar-refractivity contribution in [2.24, 2.45) is 0 Å². The molecular formula is C29H31N3O5S. The van der Waals surface area contributed by atoms with E-state index in [-0.39, 0.29) is 5.60 Å². The van der Waals surface area contributed by atoms with Crippen molar-refractivity contribution in [1.82, 2.24) is 10.00 Å². The minimum absolute atomic E-state index is 0.275. The molecule has 1 saturated heterocycles. The molecule has 38 heavy (non-hydrogen) atoms. The van der Waals surface area contributed by atoms with Crippen LogP contribution in [0.4, 0.5) is 0 Å². The monoisotopic (exact) mass is 533 g/mol. The molecule has 0 atom stereocenters. The van der Waals surface area contributed by atoms with Crippen molar-refractivity contribution in [3.8, 4) is 17.0 Å². The first-order chi connectivity index (χ1) is 18.2. The van der Waals surface area contributed by atoms with E-state index in [1.807, 2.05) is 11.8 Å². The number of aliphatic carboxylic acids is 2. The van der Waals surface area contributed by atoms with Crippen LogP contribution >= 0.6 is 11.8 Å². The molecule has 2 N–H and O–H groups in total. The zero-order valence-electron chi connectivity index (χ0n) is 21.5. The number of carbonyl (C=O) groups excluding carboxylic acids is 1. The van der Waals surface area contributed by atoms with Crippen LogP contribution in [0.15, 0.2) is 58.4 Å². The number of aromatic nitrogens is 2. The molecule has 1 fully saturated rings. The maximum Gasteiger partial charge on any atom is 0.328 e. The first-order valence-corrected chi connectivity index (χ1v) is 13.7. The Labute approximate surface area is 225 Å². The average Bonchev–Trinajstić information content (AvgIpc) is 3.25. The van der Waals surface area contributed by atoms with Crippen LogP contribution in [0.25, 0.3) is 28.2 Å². The lowest BCUT2D eigenvalue weighted by molar-refractivity contribution is -0.725. The van der Waals surface area contributed by atoms with Gasteiger partial charge >= 0.3 is 5.97 Å². The van der Waals surface area contributed by atoms with E-state index in [1.54, 1.807) is 0 Å². The Hall–Kier alpha value is -3.56. The number of ether oxygens (including phenoxy) is 1. The van der Waals surface area contributed by atoms with Crippen LogP contribution in [0.1, 0.15) is 38.7 Å². The van der Waals surface area contributed by atoms with Crippen LogP contribution in [-0.2, 0) is 16.1 Å². The molecule has 3 aromatic rings. The Morgan fingerprint density at radius 1 is 1.21 bits per heavy atom. The lowest BCUT2D eigenvalue weighted by atomic mass is 9.99. The summed E-state index contributed by atoms with van der Waals surface area (Å²) in [7, 11) is 0. The van der Waals surface area contributed by atoms with Gasteiger partial charge in [0.05, 0.1) is 24.0 Å². The van der Waals surface area contributed by atoms with E-state index in [2.05, 4.69) is 71.0 Å². The molecule has 0 unspecified atom stereocenters. The Balaban J connectivity index is 0.000000323. The Bertz CT molecular complexity index is 1430. The molecule has 3 aliphatic rings. The van der Waals surface area contributed by atoms with E-state index in [4.69, 9.17) is 9.84 Å². The van der Waals surface area contributed by atoms with Crippen molar-refractivity contribution in [3.05, 3.63) is 54.1 Å². The van der Waals surface area contributed by atoms with Gasteiger partial charge in [-0.05, 0) is 58.0 Å². The average molecular weight is 534 g/mol. The molecular weight excluding hydrogens is 502 g/mol. The van der Waals surface area contributed by atoms with E-state index in [0.29, 0.717) is 12.2 Å². The number of carboxylic acid groups (broad SMARTS) is 2. The number of H-pyrrole nitrogens is 1. The number of hydrogen-bond acceptors (Lipinski definition) is 6. The molecule has 0 radical (unpaired) electrons. The van der Waals surface area contributed by atoms with Gasteiger partial charge in [-0.15, -0.1) is 4.68 Å². The van der Waals surface area contributed by atoms with Crippen LogP contribution in [0.5, 0.6) is 5.75 Å². The Morgan fingerprint density at radius 3 is 2.68 bits per heavy atom. The van der Waals surface area contributed by atoms with Gasteiger partial charge in [-0.25, -0.2) is 4.79 Å². The van der Waals surface area contributed by atoms with E-state index in [0.717, 1.165) is 18.8 Å². The van der Waals surface area contributed by atoms with Crippen LogP contribution in [0.2, 0.25) is 0 Å². The molecule has 6 rings (SSSR count). The minimum atomic E-state index is -1.51. The number of rotatable bonds is 5. The standard InChI is InChI=1S/C25H27N3OS.C4H4O4/c1-25(2)11-10-17-20(29-25)16-19-22-23(18-8-4-5-9-21(18)30-24(17)22)26-28(19)15-14-27-12-6-3-7-13-27;5-3(6)1-2-4(7)8/h4-5,8-11,16H,3,6-7,12-15H2,1-2H3;1-2H,(H,5,6)(H,7,8)/b;2-1+. The zero-order valence-corrected chi connectivity index (χ0v) is 22.3. The number of carboxylic acids is 2. The molecule has 8 nitrogen and oxygen atoms in total. The first-order valence-electron chi connectivity index (χ1n) is 12.8. The minimum Gasteiger partial charge on any atom is -0.545 e. The van der Waals surface area contributed by atoms with Crippen molar-refractivity contribution < 1.29 is 29.2 Å². The van der Waals surface area contributed by atoms with Gasteiger partial charge in [-0.3, -0.25) is 4.90 Å². The highest BCUT2D eigenvalue weighted by molar-refractivity contribution is 8.00. The van der Waals surface area contributed by atoms with Gasteiger partial charge in [0, 0.05) is 27.0 Å². The zero-order chi connectivity index (χ0) is 26.9. The van der Waals surface area contributed by atoms with Gasteiger partial charge in [-0.2, -0.15) is 5.10 Å². The summed E-state index contributed by atoms with van der Waals surface area (Å²) in [6.45, 7) is 8.77. The van der Waals surface area contributed by atoms with Gasteiger partial charge in [0.25, 0.3) is 0 Å². The van der Waals surface area contributed by atoms with Gasteiger partial charge in [-0.1, -0.05) is 42.5 Å². The van der Waals surface area contributed by atoms with Crippen molar-refractivity contribution >= 4 is 40.7 Å². The van der Waals surface area contributed by atoms with E-state index >= 15 is 0 Å². The fourth-order valence-corrected chi connectivity index (χ4v) is 6.33. The number of piperidine rings is 1. The second kappa shape index (κ2) is 10.7. The van der Waals surface area contributed by atoms with Gasteiger partial charge in [0.2, 0.25) is 5.52 Å². The van der Waals surface area contributed by atoms with Crippen LogP contribution < -0.4 is 14.5 Å². The summed E-state index contributed by atoms with van der Waals surface area (Å²) in [4.78, 5) is 24.2. The van der Waals surface area contributed by atoms with Gasteiger partial charge in [0.1, 0.15) is 17.0 Å². The molecule has 9 heteroatoms. The molecule has 0 amide bonds. The van der Waals surface area contributed by atoms with Crippen LogP contribution in [0, 0.1) is 0 Å². The number of likely N-dealkylation sites (tertiary alicyclic amines) is 1. The number of carbonyl (C=O) groups is 2. The lowest BCUT2D eigenvalue weighted by Gasteiger charge is -2.29. The molecule has 2 aromatic carbocycles. The summed E-state index contributed by atoms with van der Waals surface area (Å²) in [5.41, 5.74) is 4.74. The third kappa shape index (κ3) is 5.49. The summed E-state index contributed by atoms with van der Waals surface area (Å²) in [6.07, 6.45) is 9.41. The summed E-state index contributed by atoms with van der Waals surface area (Å²) < 4.78 is 8.75. The largest absolute Gasteiger partial charge is 0.545 e. The molecule has 0 saturated carbocycles. The number of hydrogen-bond donors (Lipinski definition) is 2. The third-order valence-corrected chi connectivity index (χ3v) is 8.10. The smallest absolute Gasteiger partial charge is 0.328 e. The maximum atomic E-state index is 9.53. The number of fused-ring (bicyclic) bond motifs is 4. The SMILES string of the molecule is CC1(C)C=Cc2c(cc3c4c([nH][n+]3CCN3CCCCC3)-c3ccccc3Sc24)O1.O=C([O-])/C=C/C(=O)O. The molecule has 198 valence electrons. The van der Waals surface area contributed by atoms with E-state index in [1.165, 1.54) is 69.9 Å². The van der Waals surface area contributed by atoms with Crippen LogP contribution in [0.3, 0.4) is 0 Å². The number of nitrogens with one attached hydrogen (secondary N) is 1. The normalized spacial score (nSPS) is 17.3. The third-order valence-electron chi connectivity index (χ3n) is 6.89. The predicted octanol–water partition coefficient (Wildman–Crippen LogP) is 3.63. The van der Waals surface area contributed by atoms with Crippen LogP contribution in [-0.4, -0.2) is 52.3 Å². The van der Waals surface area contributed by atoms with E-state index < -0.39 is 11.9 Å². The lowest BCUT2D eigenvalue weighted by Crippen LogP contribution is -2.43. The summed E-state index contributed by atoms with van der Waals surface area (Å²) in [6, 6.07) is 11.0. The van der Waals surface area contributed by atoms with Gasteiger partial charge < -0.3 is 19.7 Å². The topological polar surface area (TPSA) is 110 Å². The Kier molecular flexibility index (Phi) is 7.32. The van der Waals surface area contributed by atoms with Crippen molar-refractivity contribution in [1.29, 1.82) is 0 Å². The van der Waals surface area contributed by atoms with Gasteiger partial charge in [0.15, 0.2) is 6.54 Å². The molecule has 0 aliphatic carbocycles. The fourth-order valence-electron chi connectivity index (χ4n) is 5.10. The first kappa shape index (κ1) is 26.1. The molecule has 3 aliphatic heterocycles. The van der Waals surface area contributed by atoms with E-state index in [9.17, 15) is 14.7 Å². The van der Waals surface area contributed by atoms with Crippen molar-refractivity contribution in [2.45, 2.75) is 55.0 Å². The second-order valence-electron chi connectivity index (χ2n) is 10.2. The quantitative estimate of drug-likeness (QED) is 0.298. The summed E-state index contributed by atoms with van der Waals surface area (Å²) >= 11 is 1.87. The highest BCUT2D eigenvalue weighted by Crippen LogP contribution is 2.51. The number of benzene rings is 2. The summed E-state index contributed by atoms with van der Waals surface area (Å²) in [5.74, 6) is -1.81. The maximum absolute atomic E-state index is 9.53. The fraction of sp³-hybridized carbons (Fsp3) is 0.345. The number of nitrogens with zero attached hydrogens (tertiary/aromatic N) is 2. The van der Waals surface area contributed by atoms with Crippen molar-refractivity contribution in [3.63, 3.8) is 0 Å². The Morgan fingerprint density at radius 2 is 1.97 bits per heavy atom. The highest BCUT2D eigenvalue weighted by Gasteiger charge is 2.34.